The maximum Gasteiger partial charge on any atom is 0.249 e. The molecular formula is C25H30N4O2. The van der Waals surface area contributed by atoms with Gasteiger partial charge in [0.15, 0.2) is 6.04 Å². The van der Waals surface area contributed by atoms with Crippen LogP contribution in [0.2, 0.25) is 0 Å². The van der Waals surface area contributed by atoms with Crippen molar-refractivity contribution in [2.75, 3.05) is 26.7 Å². The fourth-order valence-electron chi connectivity index (χ4n) is 4.39. The normalized spacial score (nSPS) is 16.4. The summed E-state index contributed by atoms with van der Waals surface area (Å²) in [5.41, 5.74) is 2.03. The van der Waals surface area contributed by atoms with E-state index >= 15 is 0 Å². The molecule has 0 spiro atoms. The number of carbonyl (C=O) groups excluding carboxylic acids is 1. The number of methoxy groups -OCH3 is 1. The standard InChI is InChI=1S/C25H30N4O2/c1-31-23-14-7-6-13-21(23)22(28-16-8-3-9-17-28)19-26-25(30)24(29-18-10-15-27-29)20-11-4-2-5-12-20/h2,4-7,10-15,18,22,24H,3,8-9,16-17,19H2,1H3,(H,26,30). The van der Waals surface area contributed by atoms with Crippen molar-refractivity contribution >= 4 is 5.91 Å². The van der Waals surface area contributed by atoms with Gasteiger partial charge in [0.25, 0.3) is 0 Å². The molecule has 2 unspecified atom stereocenters. The summed E-state index contributed by atoms with van der Waals surface area (Å²) in [6, 6.07) is 19.3. The second kappa shape index (κ2) is 10.3. The number of piperidine rings is 1. The van der Waals surface area contributed by atoms with Gasteiger partial charge in [0.2, 0.25) is 5.91 Å². The molecule has 162 valence electrons. The fourth-order valence-corrected chi connectivity index (χ4v) is 4.39. The van der Waals surface area contributed by atoms with Crippen LogP contribution in [0.3, 0.4) is 0 Å². The quantitative estimate of drug-likeness (QED) is 0.604. The van der Waals surface area contributed by atoms with E-state index in [1.54, 1.807) is 18.0 Å². The molecule has 0 aliphatic carbocycles. The first kappa shape index (κ1) is 21.1. The van der Waals surface area contributed by atoms with Crippen LogP contribution in [0.15, 0.2) is 73.1 Å². The minimum Gasteiger partial charge on any atom is -0.496 e. The Hall–Kier alpha value is -3.12. The molecule has 0 bridgehead atoms. The highest BCUT2D eigenvalue weighted by Crippen LogP contribution is 2.31. The molecule has 1 N–H and O–H groups in total. The molecule has 2 heterocycles. The summed E-state index contributed by atoms with van der Waals surface area (Å²) in [7, 11) is 1.70. The predicted molar refractivity (Wildman–Crippen MR) is 121 cm³/mol. The van der Waals surface area contributed by atoms with Crippen LogP contribution in [0.5, 0.6) is 5.75 Å². The Morgan fingerprint density at radius 1 is 1.03 bits per heavy atom. The number of amides is 1. The van der Waals surface area contributed by atoms with Crippen LogP contribution in [0, 0.1) is 0 Å². The molecule has 1 fully saturated rings. The summed E-state index contributed by atoms with van der Waals surface area (Å²) >= 11 is 0. The average molecular weight is 419 g/mol. The lowest BCUT2D eigenvalue weighted by molar-refractivity contribution is -0.123. The number of rotatable bonds is 8. The molecule has 6 heteroatoms. The van der Waals surface area contributed by atoms with Gasteiger partial charge in [0.1, 0.15) is 5.75 Å². The van der Waals surface area contributed by atoms with E-state index in [1.807, 2.05) is 60.8 Å². The first-order chi connectivity index (χ1) is 15.3. The fraction of sp³-hybridized carbons (Fsp3) is 0.360. The van der Waals surface area contributed by atoms with Crippen LogP contribution in [-0.4, -0.2) is 47.3 Å². The van der Waals surface area contributed by atoms with E-state index in [0.29, 0.717) is 6.54 Å². The molecule has 1 amide bonds. The molecule has 1 aromatic heterocycles. The first-order valence-electron chi connectivity index (χ1n) is 11.0. The van der Waals surface area contributed by atoms with Crippen molar-refractivity contribution < 1.29 is 9.53 Å². The second-order valence-corrected chi connectivity index (χ2v) is 7.90. The Bertz CT molecular complexity index is 953. The van der Waals surface area contributed by atoms with Gasteiger partial charge in [-0.2, -0.15) is 5.10 Å². The Morgan fingerprint density at radius 3 is 2.48 bits per heavy atom. The number of aromatic nitrogens is 2. The summed E-state index contributed by atoms with van der Waals surface area (Å²) in [6.07, 6.45) is 7.16. The number of hydrogen-bond donors (Lipinski definition) is 1. The molecule has 2 aromatic carbocycles. The van der Waals surface area contributed by atoms with E-state index in [2.05, 4.69) is 21.4 Å². The van der Waals surface area contributed by atoms with Gasteiger partial charge in [-0.25, -0.2) is 0 Å². The third kappa shape index (κ3) is 4.97. The van der Waals surface area contributed by atoms with Crippen molar-refractivity contribution in [3.05, 3.63) is 84.2 Å². The Kier molecular flexibility index (Phi) is 6.99. The summed E-state index contributed by atoms with van der Waals surface area (Å²) < 4.78 is 7.36. The molecule has 0 saturated carbocycles. The smallest absolute Gasteiger partial charge is 0.249 e. The van der Waals surface area contributed by atoms with Gasteiger partial charge >= 0.3 is 0 Å². The number of likely N-dealkylation sites (tertiary alicyclic amines) is 1. The van der Waals surface area contributed by atoms with Crippen molar-refractivity contribution in [3.63, 3.8) is 0 Å². The number of hydrogen-bond acceptors (Lipinski definition) is 4. The van der Waals surface area contributed by atoms with Gasteiger partial charge in [0.05, 0.1) is 13.2 Å². The van der Waals surface area contributed by atoms with Gasteiger partial charge in [-0.05, 0) is 43.6 Å². The van der Waals surface area contributed by atoms with Gasteiger partial charge in [-0.15, -0.1) is 0 Å². The molecule has 3 aromatic rings. The van der Waals surface area contributed by atoms with Crippen LogP contribution in [-0.2, 0) is 4.79 Å². The largest absolute Gasteiger partial charge is 0.496 e. The minimum atomic E-state index is -0.504. The third-order valence-corrected chi connectivity index (χ3v) is 5.95. The molecular weight excluding hydrogens is 388 g/mol. The zero-order valence-corrected chi connectivity index (χ0v) is 18.0. The van der Waals surface area contributed by atoms with Crippen molar-refractivity contribution in [1.82, 2.24) is 20.0 Å². The lowest BCUT2D eigenvalue weighted by Crippen LogP contribution is -2.42. The molecule has 4 rings (SSSR count). The van der Waals surface area contributed by atoms with Crippen LogP contribution in [0.25, 0.3) is 0 Å². The molecule has 6 nitrogen and oxygen atoms in total. The Balaban J connectivity index is 1.57. The molecule has 1 aliphatic heterocycles. The van der Waals surface area contributed by atoms with E-state index in [1.165, 1.54) is 19.3 Å². The monoisotopic (exact) mass is 418 g/mol. The summed E-state index contributed by atoms with van der Waals surface area (Å²) in [6.45, 7) is 2.57. The predicted octanol–water partition coefficient (Wildman–Crippen LogP) is 3.82. The van der Waals surface area contributed by atoms with E-state index < -0.39 is 6.04 Å². The van der Waals surface area contributed by atoms with Gasteiger partial charge in [-0.3, -0.25) is 14.4 Å². The number of ether oxygens (including phenoxy) is 1. The molecule has 2 atom stereocenters. The van der Waals surface area contributed by atoms with Gasteiger partial charge < -0.3 is 10.1 Å². The van der Waals surface area contributed by atoms with Crippen molar-refractivity contribution in [3.8, 4) is 5.75 Å². The second-order valence-electron chi connectivity index (χ2n) is 7.90. The SMILES string of the molecule is COc1ccccc1C(CNC(=O)C(c1ccccc1)n1cccn1)N1CCCCC1. The highest BCUT2D eigenvalue weighted by atomic mass is 16.5. The topological polar surface area (TPSA) is 59.4 Å². The van der Waals surface area contributed by atoms with Crippen LogP contribution in [0.1, 0.15) is 42.5 Å². The Labute approximate surface area is 183 Å². The van der Waals surface area contributed by atoms with E-state index in [0.717, 1.165) is 30.0 Å². The highest BCUT2D eigenvalue weighted by Gasteiger charge is 2.28. The van der Waals surface area contributed by atoms with Crippen LogP contribution in [0.4, 0.5) is 0 Å². The minimum absolute atomic E-state index is 0.0631. The summed E-state index contributed by atoms with van der Waals surface area (Å²) in [5, 5.41) is 7.56. The van der Waals surface area contributed by atoms with Crippen LogP contribution < -0.4 is 10.1 Å². The summed E-state index contributed by atoms with van der Waals surface area (Å²) in [4.78, 5) is 15.9. The lowest BCUT2D eigenvalue weighted by Gasteiger charge is -2.35. The highest BCUT2D eigenvalue weighted by molar-refractivity contribution is 5.83. The van der Waals surface area contributed by atoms with Crippen molar-refractivity contribution in [1.29, 1.82) is 0 Å². The average Bonchev–Trinajstić information content (AvgIpc) is 3.35. The molecule has 0 radical (unpaired) electrons. The maximum atomic E-state index is 13.4. The number of para-hydroxylation sites is 1. The number of benzene rings is 2. The molecule has 31 heavy (non-hydrogen) atoms. The lowest BCUT2D eigenvalue weighted by atomic mass is 10.00. The van der Waals surface area contributed by atoms with E-state index in [4.69, 9.17) is 4.74 Å². The zero-order chi connectivity index (χ0) is 21.5. The molecule has 1 aliphatic rings. The van der Waals surface area contributed by atoms with E-state index in [-0.39, 0.29) is 11.9 Å². The van der Waals surface area contributed by atoms with Gasteiger partial charge in [-0.1, -0.05) is 55.0 Å². The molecule has 1 saturated heterocycles. The number of carbonyl (C=O) groups is 1. The van der Waals surface area contributed by atoms with E-state index in [9.17, 15) is 4.79 Å². The number of nitrogens with zero attached hydrogens (tertiary/aromatic N) is 3. The first-order valence-corrected chi connectivity index (χ1v) is 11.0. The van der Waals surface area contributed by atoms with Crippen molar-refractivity contribution in [2.45, 2.75) is 31.3 Å². The van der Waals surface area contributed by atoms with Crippen molar-refractivity contribution in [2.24, 2.45) is 0 Å². The zero-order valence-electron chi connectivity index (χ0n) is 18.0. The maximum absolute atomic E-state index is 13.4. The third-order valence-electron chi connectivity index (χ3n) is 5.95. The summed E-state index contributed by atoms with van der Waals surface area (Å²) in [5.74, 6) is 0.797. The van der Waals surface area contributed by atoms with Gasteiger partial charge in [0, 0.05) is 24.5 Å². The number of nitrogens with one attached hydrogen (secondary N) is 1. The Morgan fingerprint density at radius 2 is 1.77 bits per heavy atom. The van der Waals surface area contributed by atoms with Crippen LogP contribution >= 0.6 is 0 Å².